The summed E-state index contributed by atoms with van der Waals surface area (Å²) in [5.41, 5.74) is 5.49. The van der Waals surface area contributed by atoms with Gasteiger partial charge in [0.2, 0.25) is 5.91 Å². The number of nitrogens with zero attached hydrogens (tertiary/aromatic N) is 2. The molecular weight excluding hydrogens is 192 g/mol. The highest BCUT2D eigenvalue weighted by atomic mass is 16.2. The second kappa shape index (κ2) is 6.76. The van der Waals surface area contributed by atoms with Crippen LogP contribution in [0.1, 0.15) is 6.92 Å². The highest BCUT2D eigenvalue weighted by molar-refractivity contribution is 5.77. The standard InChI is InChI=1S/C10H22N4O/c1-2-12-10(15)9-14-7-5-13(4-3-11)6-8-14/h2-9,11H2,1H3,(H,12,15). The molecule has 0 bridgehead atoms. The molecule has 0 aliphatic carbocycles. The zero-order valence-corrected chi connectivity index (χ0v) is 9.54. The number of rotatable bonds is 5. The summed E-state index contributed by atoms with van der Waals surface area (Å²) in [5.74, 6) is 0.129. The number of carbonyl (C=O) groups excluding carboxylic acids is 1. The van der Waals surface area contributed by atoms with Crippen LogP contribution < -0.4 is 11.1 Å². The molecule has 88 valence electrons. The largest absolute Gasteiger partial charge is 0.355 e. The van der Waals surface area contributed by atoms with Crippen molar-refractivity contribution in [3.05, 3.63) is 0 Å². The molecule has 0 spiro atoms. The molecular formula is C10H22N4O. The molecule has 0 saturated carbocycles. The van der Waals surface area contributed by atoms with E-state index in [0.717, 1.165) is 39.3 Å². The van der Waals surface area contributed by atoms with Crippen molar-refractivity contribution >= 4 is 5.91 Å². The van der Waals surface area contributed by atoms with Crippen molar-refractivity contribution in [2.75, 3.05) is 52.4 Å². The molecule has 1 aliphatic heterocycles. The first-order valence-corrected chi connectivity index (χ1v) is 5.67. The normalized spacial score (nSPS) is 19.1. The maximum absolute atomic E-state index is 11.3. The summed E-state index contributed by atoms with van der Waals surface area (Å²) in [6.45, 7) is 8.86. The SMILES string of the molecule is CCNC(=O)CN1CCN(CCN)CC1. The molecule has 5 nitrogen and oxygen atoms in total. The van der Waals surface area contributed by atoms with Gasteiger partial charge in [-0.1, -0.05) is 0 Å². The first-order valence-electron chi connectivity index (χ1n) is 5.67. The Morgan fingerprint density at radius 1 is 1.27 bits per heavy atom. The fourth-order valence-electron chi connectivity index (χ4n) is 1.81. The average Bonchev–Trinajstić information content (AvgIpc) is 2.22. The van der Waals surface area contributed by atoms with Crippen LogP contribution in [0.15, 0.2) is 0 Å². The van der Waals surface area contributed by atoms with Crippen molar-refractivity contribution < 1.29 is 4.79 Å². The number of amides is 1. The molecule has 5 heteroatoms. The second-order valence-electron chi connectivity index (χ2n) is 3.86. The second-order valence-corrected chi connectivity index (χ2v) is 3.86. The zero-order valence-electron chi connectivity index (χ0n) is 9.54. The third-order valence-corrected chi connectivity index (χ3v) is 2.65. The Bertz CT molecular complexity index is 190. The number of nitrogens with two attached hydrogens (primary N) is 1. The Kier molecular flexibility index (Phi) is 5.60. The van der Waals surface area contributed by atoms with Gasteiger partial charge < -0.3 is 11.1 Å². The van der Waals surface area contributed by atoms with Gasteiger partial charge >= 0.3 is 0 Å². The summed E-state index contributed by atoms with van der Waals surface area (Å²) in [5, 5.41) is 2.81. The first kappa shape index (κ1) is 12.4. The van der Waals surface area contributed by atoms with Crippen molar-refractivity contribution in [1.82, 2.24) is 15.1 Å². The molecule has 1 amide bonds. The van der Waals surface area contributed by atoms with E-state index in [0.29, 0.717) is 13.1 Å². The van der Waals surface area contributed by atoms with Crippen LogP contribution >= 0.6 is 0 Å². The molecule has 1 heterocycles. The Hall–Kier alpha value is -0.650. The van der Waals surface area contributed by atoms with Crippen LogP contribution in [-0.4, -0.2) is 68.1 Å². The molecule has 1 saturated heterocycles. The molecule has 0 radical (unpaired) electrons. The Labute approximate surface area is 91.6 Å². The lowest BCUT2D eigenvalue weighted by molar-refractivity contribution is -0.122. The summed E-state index contributed by atoms with van der Waals surface area (Å²) < 4.78 is 0. The van der Waals surface area contributed by atoms with E-state index in [1.54, 1.807) is 0 Å². The maximum atomic E-state index is 11.3. The summed E-state index contributed by atoms with van der Waals surface area (Å²) in [4.78, 5) is 15.9. The topological polar surface area (TPSA) is 61.6 Å². The van der Waals surface area contributed by atoms with Gasteiger partial charge in [-0.05, 0) is 6.92 Å². The minimum atomic E-state index is 0.129. The predicted octanol–water partition coefficient (Wildman–Crippen LogP) is -1.30. The number of nitrogens with one attached hydrogen (secondary N) is 1. The zero-order chi connectivity index (χ0) is 11.1. The fraction of sp³-hybridized carbons (Fsp3) is 0.900. The summed E-state index contributed by atoms with van der Waals surface area (Å²) in [6.07, 6.45) is 0. The van der Waals surface area contributed by atoms with Crippen LogP contribution in [0.4, 0.5) is 0 Å². The summed E-state index contributed by atoms with van der Waals surface area (Å²) in [7, 11) is 0. The van der Waals surface area contributed by atoms with Crippen molar-refractivity contribution in [2.24, 2.45) is 5.73 Å². The van der Waals surface area contributed by atoms with Gasteiger partial charge in [-0.25, -0.2) is 0 Å². The van der Waals surface area contributed by atoms with E-state index in [2.05, 4.69) is 15.1 Å². The summed E-state index contributed by atoms with van der Waals surface area (Å²) >= 11 is 0. The molecule has 1 fully saturated rings. The van der Waals surface area contributed by atoms with E-state index >= 15 is 0 Å². The quantitative estimate of drug-likeness (QED) is 0.597. The van der Waals surface area contributed by atoms with Gasteiger partial charge in [-0.2, -0.15) is 0 Å². The lowest BCUT2D eigenvalue weighted by Crippen LogP contribution is -2.50. The molecule has 0 unspecified atom stereocenters. The van der Waals surface area contributed by atoms with Gasteiger partial charge in [0, 0.05) is 45.8 Å². The van der Waals surface area contributed by atoms with Crippen molar-refractivity contribution in [3.8, 4) is 0 Å². The number of likely N-dealkylation sites (N-methyl/N-ethyl adjacent to an activating group) is 1. The van der Waals surface area contributed by atoms with Crippen LogP contribution in [0.3, 0.4) is 0 Å². The van der Waals surface area contributed by atoms with Crippen LogP contribution in [-0.2, 0) is 4.79 Å². The molecule has 0 aromatic rings. The number of piperazine rings is 1. The molecule has 0 aromatic heterocycles. The van der Waals surface area contributed by atoms with Crippen molar-refractivity contribution in [1.29, 1.82) is 0 Å². The van der Waals surface area contributed by atoms with Crippen molar-refractivity contribution in [3.63, 3.8) is 0 Å². The molecule has 3 N–H and O–H groups in total. The predicted molar refractivity (Wildman–Crippen MR) is 60.6 cm³/mol. The van der Waals surface area contributed by atoms with Gasteiger partial charge in [0.1, 0.15) is 0 Å². The lowest BCUT2D eigenvalue weighted by Gasteiger charge is -2.33. The third kappa shape index (κ3) is 4.59. The minimum Gasteiger partial charge on any atom is -0.355 e. The summed E-state index contributed by atoms with van der Waals surface area (Å²) in [6, 6.07) is 0. The Morgan fingerprint density at radius 3 is 2.40 bits per heavy atom. The first-order chi connectivity index (χ1) is 7.26. The van der Waals surface area contributed by atoms with Gasteiger partial charge in [-0.3, -0.25) is 14.6 Å². The van der Waals surface area contributed by atoms with Crippen LogP contribution in [0.5, 0.6) is 0 Å². The fourth-order valence-corrected chi connectivity index (χ4v) is 1.81. The van der Waals surface area contributed by atoms with E-state index in [-0.39, 0.29) is 5.91 Å². The number of carbonyl (C=O) groups is 1. The van der Waals surface area contributed by atoms with Gasteiger partial charge in [0.05, 0.1) is 6.54 Å². The van der Waals surface area contributed by atoms with E-state index in [9.17, 15) is 4.79 Å². The Balaban J connectivity index is 2.16. The van der Waals surface area contributed by atoms with E-state index in [1.807, 2.05) is 6.92 Å². The molecule has 1 aliphatic rings. The van der Waals surface area contributed by atoms with E-state index in [1.165, 1.54) is 0 Å². The van der Waals surface area contributed by atoms with Crippen LogP contribution in [0.2, 0.25) is 0 Å². The van der Waals surface area contributed by atoms with E-state index < -0.39 is 0 Å². The smallest absolute Gasteiger partial charge is 0.234 e. The highest BCUT2D eigenvalue weighted by Crippen LogP contribution is 1.99. The van der Waals surface area contributed by atoms with E-state index in [4.69, 9.17) is 5.73 Å². The van der Waals surface area contributed by atoms with Gasteiger partial charge in [0.25, 0.3) is 0 Å². The van der Waals surface area contributed by atoms with Crippen molar-refractivity contribution in [2.45, 2.75) is 6.92 Å². The van der Waals surface area contributed by atoms with Gasteiger partial charge in [-0.15, -0.1) is 0 Å². The molecule has 0 aromatic carbocycles. The monoisotopic (exact) mass is 214 g/mol. The average molecular weight is 214 g/mol. The number of hydrogen-bond donors (Lipinski definition) is 2. The van der Waals surface area contributed by atoms with Gasteiger partial charge in [0.15, 0.2) is 0 Å². The molecule has 0 atom stereocenters. The lowest BCUT2D eigenvalue weighted by atomic mass is 10.3. The Morgan fingerprint density at radius 2 is 1.87 bits per heavy atom. The number of hydrogen-bond acceptors (Lipinski definition) is 4. The van der Waals surface area contributed by atoms with Crippen LogP contribution in [0, 0.1) is 0 Å². The highest BCUT2D eigenvalue weighted by Gasteiger charge is 2.17. The molecule has 1 rings (SSSR count). The third-order valence-electron chi connectivity index (χ3n) is 2.65. The minimum absolute atomic E-state index is 0.129. The van der Waals surface area contributed by atoms with Crippen LogP contribution in [0.25, 0.3) is 0 Å². The molecule has 15 heavy (non-hydrogen) atoms. The maximum Gasteiger partial charge on any atom is 0.234 e.